The minimum atomic E-state index is -0.645. The molecule has 1 aliphatic heterocycles. The van der Waals surface area contributed by atoms with E-state index in [-0.39, 0.29) is 23.0 Å². The average Bonchev–Trinajstić information content (AvgIpc) is 3.59. The van der Waals surface area contributed by atoms with Crippen LogP contribution in [-0.2, 0) is 17.9 Å². The third kappa shape index (κ3) is 5.16. The number of halogens is 2. The monoisotopic (exact) mass is 520 g/mol. The molecule has 4 N–H and O–H groups in total. The van der Waals surface area contributed by atoms with Crippen molar-refractivity contribution in [2.45, 2.75) is 32.0 Å². The third-order valence-electron chi connectivity index (χ3n) is 6.57. The Kier molecular flexibility index (Phi) is 7.12. The quantitative estimate of drug-likeness (QED) is 0.305. The molecule has 0 unspecified atom stereocenters. The molecular formula is C28H26ClFN4O3. The first-order valence-corrected chi connectivity index (χ1v) is 12.4. The predicted molar refractivity (Wildman–Crippen MR) is 142 cm³/mol. The predicted octanol–water partition coefficient (Wildman–Crippen LogP) is 5.66. The Labute approximate surface area is 218 Å². The van der Waals surface area contributed by atoms with Crippen molar-refractivity contribution in [1.82, 2.24) is 10.2 Å². The molecule has 3 aromatic carbocycles. The number of furan rings is 1. The van der Waals surface area contributed by atoms with Crippen molar-refractivity contribution >= 4 is 40.2 Å². The van der Waals surface area contributed by atoms with Gasteiger partial charge in [-0.3, -0.25) is 4.79 Å². The highest BCUT2D eigenvalue weighted by molar-refractivity contribution is 6.30. The molecule has 0 spiro atoms. The summed E-state index contributed by atoms with van der Waals surface area (Å²) in [6, 6.07) is 16.9. The summed E-state index contributed by atoms with van der Waals surface area (Å²) in [7, 11) is 0. The van der Waals surface area contributed by atoms with E-state index < -0.39 is 17.9 Å². The van der Waals surface area contributed by atoms with Crippen LogP contribution in [0.5, 0.6) is 0 Å². The number of benzene rings is 3. The second-order valence-electron chi connectivity index (χ2n) is 8.98. The number of anilines is 1. The Morgan fingerprint density at radius 2 is 1.97 bits per heavy atom. The molecule has 0 saturated carbocycles. The van der Waals surface area contributed by atoms with Gasteiger partial charge in [0.05, 0.1) is 11.3 Å². The Hall–Kier alpha value is -3.88. The van der Waals surface area contributed by atoms with E-state index in [2.05, 4.69) is 10.6 Å². The van der Waals surface area contributed by atoms with Crippen LogP contribution in [0.3, 0.4) is 0 Å². The summed E-state index contributed by atoms with van der Waals surface area (Å²) in [6.07, 6.45) is 2.83. The smallest absolute Gasteiger partial charge is 0.318 e. The summed E-state index contributed by atoms with van der Waals surface area (Å²) in [5.74, 6) is -0.853. The summed E-state index contributed by atoms with van der Waals surface area (Å²) in [6.45, 7) is 0.813. The van der Waals surface area contributed by atoms with Crippen molar-refractivity contribution in [2.24, 2.45) is 5.73 Å². The van der Waals surface area contributed by atoms with Gasteiger partial charge in [-0.15, -0.1) is 0 Å². The number of rotatable bonds is 6. The van der Waals surface area contributed by atoms with Crippen LogP contribution < -0.4 is 16.4 Å². The molecule has 190 valence electrons. The number of urea groups is 1. The summed E-state index contributed by atoms with van der Waals surface area (Å²) < 4.78 is 19.9. The highest BCUT2D eigenvalue weighted by Crippen LogP contribution is 2.34. The lowest BCUT2D eigenvalue weighted by atomic mass is 10.0. The average molecular weight is 521 g/mol. The summed E-state index contributed by atoms with van der Waals surface area (Å²) in [4.78, 5) is 27.6. The highest BCUT2D eigenvalue weighted by atomic mass is 35.5. The van der Waals surface area contributed by atoms with Gasteiger partial charge >= 0.3 is 6.03 Å². The molecule has 4 aromatic rings. The molecule has 9 heteroatoms. The molecule has 7 nitrogen and oxygen atoms in total. The fraction of sp³-hybridized carbons (Fsp3) is 0.214. The second-order valence-corrected chi connectivity index (χ2v) is 9.39. The summed E-state index contributed by atoms with van der Waals surface area (Å²) >= 11 is 5.83. The molecule has 1 aliphatic rings. The topological polar surface area (TPSA) is 101 Å². The van der Waals surface area contributed by atoms with E-state index in [4.69, 9.17) is 21.8 Å². The first kappa shape index (κ1) is 24.8. The number of fused-ring (bicyclic) bond motifs is 1. The Morgan fingerprint density at radius 1 is 1.14 bits per heavy atom. The van der Waals surface area contributed by atoms with E-state index in [1.54, 1.807) is 18.4 Å². The number of hydrogen-bond donors (Lipinski definition) is 3. The van der Waals surface area contributed by atoms with Crippen LogP contribution in [0.2, 0.25) is 5.02 Å². The molecule has 3 amide bonds. The first-order valence-electron chi connectivity index (χ1n) is 12.0. The minimum absolute atomic E-state index is 0.00566. The lowest BCUT2D eigenvalue weighted by molar-refractivity contribution is -0.119. The van der Waals surface area contributed by atoms with Crippen molar-refractivity contribution < 1.29 is 18.4 Å². The van der Waals surface area contributed by atoms with Gasteiger partial charge in [-0.1, -0.05) is 41.9 Å². The lowest BCUT2D eigenvalue weighted by Crippen LogP contribution is -2.47. The standard InChI is InChI=1S/C28H26ClFN4O3/c29-23-7-2-6-20(25(23)30)16-32-28(36)34-10-3-8-24(34)27(35)33-21-13-19-9-11-37-26(19)22(14-21)18-5-1-4-17(12-18)15-31/h1-2,4-7,9,11-14,24H,3,8,10,15-16,31H2,(H,32,36)(H,33,35)/t24-/m0/s1. The van der Waals surface area contributed by atoms with Crippen LogP contribution in [0.15, 0.2) is 71.3 Å². The van der Waals surface area contributed by atoms with E-state index in [0.29, 0.717) is 37.2 Å². The molecule has 1 atom stereocenters. The molecule has 1 aromatic heterocycles. The van der Waals surface area contributed by atoms with E-state index in [0.717, 1.165) is 22.1 Å². The number of hydrogen-bond acceptors (Lipinski definition) is 4. The largest absolute Gasteiger partial charge is 0.464 e. The first-order chi connectivity index (χ1) is 17.9. The van der Waals surface area contributed by atoms with Crippen molar-refractivity contribution in [3.05, 3.63) is 88.9 Å². The molecule has 2 heterocycles. The number of nitrogens with one attached hydrogen (secondary N) is 2. The summed E-state index contributed by atoms with van der Waals surface area (Å²) in [5, 5.41) is 6.52. The minimum Gasteiger partial charge on any atom is -0.464 e. The molecule has 1 saturated heterocycles. The van der Waals surface area contributed by atoms with Gasteiger partial charge in [0.25, 0.3) is 0 Å². The second kappa shape index (κ2) is 10.6. The maximum atomic E-state index is 14.2. The fourth-order valence-electron chi connectivity index (χ4n) is 4.70. The van der Waals surface area contributed by atoms with Gasteiger partial charge in [0.2, 0.25) is 5.91 Å². The van der Waals surface area contributed by atoms with E-state index >= 15 is 0 Å². The Bertz CT molecular complexity index is 1470. The normalized spacial score (nSPS) is 15.2. The number of carbonyl (C=O) groups excluding carboxylic acids is 2. The van der Waals surface area contributed by atoms with Crippen molar-refractivity contribution in [1.29, 1.82) is 0 Å². The van der Waals surface area contributed by atoms with Gasteiger partial charge in [-0.2, -0.15) is 0 Å². The number of carbonyl (C=O) groups is 2. The van der Waals surface area contributed by atoms with Gasteiger partial charge in [0.15, 0.2) is 0 Å². The maximum absolute atomic E-state index is 14.2. The zero-order valence-electron chi connectivity index (χ0n) is 20.0. The van der Waals surface area contributed by atoms with Gasteiger partial charge < -0.3 is 25.7 Å². The van der Waals surface area contributed by atoms with Crippen LogP contribution in [0.4, 0.5) is 14.9 Å². The van der Waals surface area contributed by atoms with E-state index in [1.165, 1.54) is 11.0 Å². The number of nitrogens with zero attached hydrogens (tertiary/aromatic N) is 1. The number of amides is 3. The number of likely N-dealkylation sites (tertiary alicyclic amines) is 1. The molecule has 0 bridgehead atoms. The zero-order chi connectivity index (χ0) is 25.9. The van der Waals surface area contributed by atoms with E-state index in [9.17, 15) is 14.0 Å². The van der Waals surface area contributed by atoms with Crippen LogP contribution in [0.25, 0.3) is 22.1 Å². The van der Waals surface area contributed by atoms with Crippen LogP contribution >= 0.6 is 11.6 Å². The molecule has 0 aliphatic carbocycles. The highest BCUT2D eigenvalue weighted by Gasteiger charge is 2.34. The van der Waals surface area contributed by atoms with Gasteiger partial charge in [-0.25, -0.2) is 9.18 Å². The van der Waals surface area contributed by atoms with Crippen molar-refractivity contribution in [3.63, 3.8) is 0 Å². The Balaban J connectivity index is 1.33. The van der Waals surface area contributed by atoms with Crippen LogP contribution in [-0.4, -0.2) is 29.4 Å². The van der Waals surface area contributed by atoms with Crippen LogP contribution in [0, 0.1) is 5.82 Å². The Morgan fingerprint density at radius 3 is 2.81 bits per heavy atom. The van der Waals surface area contributed by atoms with Crippen molar-refractivity contribution in [2.75, 3.05) is 11.9 Å². The lowest BCUT2D eigenvalue weighted by Gasteiger charge is -2.24. The third-order valence-corrected chi connectivity index (χ3v) is 6.86. The summed E-state index contributed by atoms with van der Waals surface area (Å²) in [5.41, 5.74) is 10.1. The molecule has 0 radical (unpaired) electrons. The molecule has 5 rings (SSSR count). The fourth-order valence-corrected chi connectivity index (χ4v) is 4.89. The molecular weight excluding hydrogens is 495 g/mol. The SMILES string of the molecule is NCc1cccc(-c2cc(NC(=O)[C@@H]3CCCN3C(=O)NCc3cccc(Cl)c3F)cc3ccoc23)c1. The van der Waals surface area contributed by atoms with Gasteiger partial charge in [-0.05, 0) is 54.3 Å². The molecule has 1 fully saturated rings. The number of nitrogens with two attached hydrogens (primary N) is 1. The van der Waals surface area contributed by atoms with Crippen LogP contribution in [0.1, 0.15) is 24.0 Å². The van der Waals surface area contributed by atoms with Crippen molar-refractivity contribution in [3.8, 4) is 11.1 Å². The van der Waals surface area contributed by atoms with Gasteiger partial charge in [0.1, 0.15) is 17.4 Å². The van der Waals surface area contributed by atoms with Gasteiger partial charge in [0, 0.05) is 41.8 Å². The molecule has 37 heavy (non-hydrogen) atoms. The zero-order valence-corrected chi connectivity index (χ0v) is 20.7. The van der Waals surface area contributed by atoms with E-state index in [1.807, 2.05) is 42.5 Å². The maximum Gasteiger partial charge on any atom is 0.318 e.